The summed E-state index contributed by atoms with van der Waals surface area (Å²) in [5, 5.41) is 11.3. The van der Waals surface area contributed by atoms with Gasteiger partial charge in [0.1, 0.15) is 17.2 Å². The molecule has 9 nitrogen and oxygen atoms in total. The molecule has 5 rings (SSSR count). The Labute approximate surface area is 229 Å². The minimum absolute atomic E-state index is 0.390. The van der Waals surface area contributed by atoms with Crippen molar-refractivity contribution in [3.8, 4) is 22.4 Å². The van der Waals surface area contributed by atoms with Crippen LogP contribution in [0.15, 0.2) is 54.6 Å². The highest BCUT2D eigenvalue weighted by Gasteiger charge is 2.41. The van der Waals surface area contributed by atoms with E-state index < -0.39 is 17.2 Å². The number of nitrogens with zero attached hydrogens (tertiary/aromatic N) is 4. The van der Waals surface area contributed by atoms with Gasteiger partial charge in [0, 0.05) is 19.2 Å². The Kier molecular flexibility index (Phi) is 7.27. The molecule has 1 aliphatic rings. The van der Waals surface area contributed by atoms with Crippen LogP contribution in [0.4, 0.5) is 10.6 Å². The van der Waals surface area contributed by atoms with E-state index in [1.165, 1.54) is 0 Å². The number of fused-ring (bicyclic) bond motifs is 1. The van der Waals surface area contributed by atoms with E-state index in [0.717, 1.165) is 53.0 Å². The fourth-order valence-electron chi connectivity index (χ4n) is 4.98. The lowest BCUT2D eigenvalue weighted by atomic mass is 9.71. The van der Waals surface area contributed by atoms with E-state index in [1.54, 1.807) is 11.6 Å². The fourth-order valence-corrected chi connectivity index (χ4v) is 4.98. The lowest BCUT2D eigenvalue weighted by Crippen LogP contribution is -2.52. The molecule has 0 aliphatic heterocycles. The average molecular weight is 529 g/mol. The highest BCUT2D eigenvalue weighted by atomic mass is 16.6. The second kappa shape index (κ2) is 10.6. The number of benzene rings is 2. The maximum atomic E-state index is 12.6. The van der Waals surface area contributed by atoms with Gasteiger partial charge in [-0.1, -0.05) is 54.6 Å². The third kappa shape index (κ3) is 5.59. The first-order valence-electron chi connectivity index (χ1n) is 13.4. The van der Waals surface area contributed by atoms with Crippen LogP contribution >= 0.6 is 0 Å². The number of hydrogen-bond donors (Lipinski definition) is 2. The molecule has 9 heteroatoms. The Balaban J connectivity index is 1.57. The molecule has 1 saturated carbocycles. The maximum absolute atomic E-state index is 12.6. The van der Waals surface area contributed by atoms with Crippen molar-refractivity contribution in [3.05, 3.63) is 66.0 Å². The Hall–Kier alpha value is -3.98. The first-order chi connectivity index (χ1) is 18.7. The number of rotatable bonds is 8. The predicted molar refractivity (Wildman–Crippen MR) is 152 cm³/mol. The van der Waals surface area contributed by atoms with Crippen molar-refractivity contribution in [3.63, 3.8) is 0 Å². The van der Waals surface area contributed by atoms with E-state index in [-0.39, 0.29) is 0 Å². The predicted octanol–water partition coefficient (Wildman–Crippen LogP) is 5.73. The smallest absolute Gasteiger partial charge is 0.408 e. The molecule has 0 bridgehead atoms. The van der Waals surface area contributed by atoms with E-state index in [2.05, 4.69) is 57.1 Å². The molecule has 0 spiro atoms. The highest BCUT2D eigenvalue weighted by molar-refractivity contribution is 5.89. The van der Waals surface area contributed by atoms with Crippen LogP contribution in [-0.2, 0) is 15.0 Å². The van der Waals surface area contributed by atoms with Gasteiger partial charge in [0.15, 0.2) is 0 Å². The van der Waals surface area contributed by atoms with Crippen molar-refractivity contribution in [2.24, 2.45) is 0 Å². The molecular weight excluding hydrogens is 492 g/mol. The highest BCUT2D eigenvalue weighted by Crippen LogP contribution is 2.43. The van der Waals surface area contributed by atoms with Gasteiger partial charge in [0.25, 0.3) is 5.78 Å². The van der Waals surface area contributed by atoms with Gasteiger partial charge in [-0.25, -0.2) is 9.78 Å². The zero-order valence-corrected chi connectivity index (χ0v) is 23.2. The Morgan fingerprint density at radius 1 is 1.03 bits per heavy atom. The first-order valence-corrected chi connectivity index (χ1v) is 13.4. The normalized spacial score (nSPS) is 14.6. The molecule has 39 heavy (non-hydrogen) atoms. The lowest BCUT2D eigenvalue weighted by molar-refractivity contribution is 0.0377. The molecule has 0 radical (unpaired) electrons. The zero-order chi connectivity index (χ0) is 27.6. The molecule has 204 valence electrons. The number of nitrogens with one attached hydrogen (secondary N) is 2. The van der Waals surface area contributed by atoms with Crippen LogP contribution in [0.25, 0.3) is 28.2 Å². The third-order valence-corrected chi connectivity index (χ3v) is 6.91. The summed E-state index contributed by atoms with van der Waals surface area (Å²) in [6.07, 6.45) is 2.41. The molecule has 0 unspecified atom stereocenters. The summed E-state index contributed by atoms with van der Waals surface area (Å²) in [5.74, 6) is 1.97. The summed E-state index contributed by atoms with van der Waals surface area (Å²) in [7, 11) is 1.68. The van der Waals surface area contributed by atoms with Gasteiger partial charge < -0.3 is 20.1 Å². The molecule has 2 N–H and O–H groups in total. The summed E-state index contributed by atoms with van der Waals surface area (Å²) in [5.41, 5.74) is 3.78. The minimum atomic E-state index is -0.550. The fraction of sp³-hybridized carbons (Fsp3) is 0.400. The number of carbonyl (C=O) groups is 1. The van der Waals surface area contributed by atoms with Crippen LogP contribution in [0.5, 0.6) is 0 Å². The summed E-state index contributed by atoms with van der Waals surface area (Å²) < 4.78 is 12.6. The van der Waals surface area contributed by atoms with E-state index >= 15 is 0 Å². The number of anilines is 1. The molecule has 0 atom stereocenters. The topological polar surface area (TPSA) is 103 Å². The quantitative estimate of drug-likeness (QED) is 0.282. The van der Waals surface area contributed by atoms with Gasteiger partial charge >= 0.3 is 6.09 Å². The van der Waals surface area contributed by atoms with Gasteiger partial charge in [-0.3, -0.25) is 0 Å². The van der Waals surface area contributed by atoms with Gasteiger partial charge in [0.05, 0.1) is 23.4 Å². The number of alkyl carbamates (subject to hydrolysis) is 1. The summed E-state index contributed by atoms with van der Waals surface area (Å²) in [6, 6.07) is 18.5. The zero-order valence-electron chi connectivity index (χ0n) is 23.2. The second-order valence-corrected chi connectivity index (χ2v) is 11.0. The van der Waals surface area contributed by atoms with Crippen molar-refractivity contribution in [2.45, 2.75) is 58.1 Å². The van der Waals surface area contributed by atoms with Crippen LogP contribution in [-0.4, -0.2) is 51.5 Å². The molecule has 2 aromatic carbocycles. The molecule has 1 amide bonds. The third-order valence-electron chi connectivity index (χ3n) is 6.91. The van der Waals surface area contributed by atoms with Crippen molar-refractivity contribution in [1.29, 1.82) is 0 Å². The summed E-state index contributed by atoms with van der Waals surface area (Å²) >= 11 is 0. The van der Waals surface area contributed by atoms with Gasteiger partial charge in [-0.15, -0.1) is 5.10 Å². The average Bonchev–Trinajstić information content (AvgIpc) is 3.25. The number of amides is 1. The Morgan fingerprint density at radius 2 is 1.74 bits per heavy atom. The number of aryl methyl sites for hydroxylation is 1. The maximum Gasteiger partial charge on any atom is 0.408 e. The Morgan fingerprint density at radius 3 is 2.36 bits per heavy atom. The van der Waals surface area contributed by atoms with Crippen LogP contribution in [0.3, 0.4) is 0 Å². The van der Waals surface area contributed by atoms with E-state index in [9.17, 15) is 4.79 Å². The summed E-state index contributed by atoms with van der Waals surface area (Å²) in [4.78, 5) is 22.2. The van der Waals surface area contributed by atoms with E-state index in [0.29, 0.717) is 24.8 Å². The van der Waals surface area contributed by atoms with Crippen LogP contribution in [0.2, 0.25) is 0 Å². The largest absolute Gasteiger partial charge is 0.444 e. The van der Waals surface area contributed by atoms with Crippen molar-refractivity contribution in [2.75, 3.05) is 25.6 Å². The number of methoxy groups -OCH3 is 1. The van der Waals surface area contributed by atoms with Gasteiger partial charge in [-0.2, -0.15) is 9.50 Å². The number of ether oxygens (including phenoxy) is 2. The van der Waals surface area contributed by atoms with Crippen LogP contribution in [0.1, 0.15) is 51.4 Å². The number of aromatic nitrogens is 4. The lowest BCUT2D eigenvalue weighted by Gasteiger charge is -2.43. The Bertz CT molecular complexity index is 1450. The van der Waals surface area contributed by atoms with Gasteiger partial charge in [-0.05, 0) is 58.1 Å². The van der Waals surface area contributed by atoms with Crippen molar-refractivity contribution >= 4 is 17.7 Å². The molecule has 0 saturated heterocycles. The van der Waals surface area contributed by atoms with Crippen LogP contribution < -0.4 is 10.6 Å². The molecule has 1 aliphatic carbocycles. The van der Waals surface area contributed by atoms with E-state index in [4.69, 9.17) is 14.5 Å². The molecule has 1 fully saturated rings. The second-order valence-electron chi connectivity index (χ2n) is 11.0. The number of carbonyl (C=O) groups excluding carboxylic acids is 1. The summed E-state index contributed by atoms with van der Waals surface area (Å²) in [6.45, 7) is 8.63. The molecule has 2 aromatic heterocycles. The standard InChI is InChI=1S/C30H36N6O3/c1-20-32-27-33-25(24(21-10-7-6-8-11-21)26(36(27)35-20)31-18-19-38-5)22-12-14-23(15-13-22)30(16-9-17-30)34-28(37)39-29(2,3)4/h6-8,10-15,31H,9,16-19H2,1-5H3,(H,34,37). The SMILES string of the molecule is COCCNc1c(-c2ccccc2)c(-c2ccc(C3(NC(=O)OC(C)(C)C)CCC3)cc2)nc2nc(C)nn12. The van der Waals surface area contributed by atoms with E-state index in [1.807, 2.05) is 45.9 Å². The molecule has 4 aromatic rings. The monoisotopic (exact) mass is 528 g/mol. The van der Waals surface area contributed by atoms with Crippen LogP contribution in [0, 0.1) is 6.92 Å². The van der Waals surface area contributed by atoms with Crippen molar-refractivity contribution < 1.29 is 14.3 Å². The minimum Gasteiger partial charge on any atom is -0.444 e. The number of hydrogen-bond acceptors (Lipinski definition) is 7. The van der Waals surface area contributed by atoms with Gasteiger partial charge in [0.2, 0.25) is 0 Å². The first kappa shape index (κ1) is 26.6. The molecular formula is C30H36N6O3. The van der Waals surface area contributed by atoms with Crippen molar-refractivity contribution in [1.82, 2.24) is 24.9 Å². The molecule has 2 heterocycles.